The Labute approximate surface area is 133 Å². The molecule has 0 saturated heterocycles. The summed E-state index contributed by atoms with van der Waals surface area (Å²) in [6.07, 6.45) is 3.51. The van der Waals surface area contributed by atoms with Crippen LogP contribution in [-0.4, -0.2) is 22.0 Å². The third kappa shape index (κ3) is 3.45. The fraction of sp³-hybridized carbons (Fsp3) is 0.111. The number of carbonyl (C=O) groups is 1. The Balaban J connectivity index is 1.63. The van der Waals surface area contributed by atoms with Crippen LogP contribution in [-0.2, 0) is 6.54 Å². The summed E-state index contributed by atoms with van der Waals surface area (Å²) >= 11 is 0. The van der Waals surface area contributed by atoms with E-state index >= 15 is 0 Å². The number of amides is 1. The summed E-state index contributed by atoms with van der Waals surface area (Å²) in [5.41, 5.74) is 2.09. The Morgan fingerprint density at radius 2 is 1.83 bits per heavy atom. The van der Waals surface area contributed by atoms with Crippen LogP contribution in [0.4, 0.5) is 4.39 Å². The topological polar surface area (TPSA) is 46.9 Å². The number of carbonyl (C=O) groups excluding carboxylic acids is 1. The van der Waals surface area contributed by atoms with E-state index in [0.29, 0.717) is 13.1 Å². The summed E-state index contributed by atoms with van der Waals surface area (Å²) in [4.78, 5) is 16.1. The van der Waals surface area contributed by atoms with Crippen LogP contribution >= 0.6 is 0 Å². The van der Waals surface area contributed by atoms with Gasteiger partial charge in [0.25, 0.3) is 5.91 Å². The van der Waals surface area contributed by atoms with Crippen molar-refractivity contribution in [3.8, 4) is 11.3 Å². The van der Waals surface area contributed by atoms with Gasteiger partial charge in [-0.05, 0) is 17.7 Å². The van der Waals surface area contributed by atoms with Gasteiger partial charge in [0.1, 0.15) is 5.82 Å². The van der Waals surface area contributed by atoms with Gasteiger partial charge in [-0.1, -0.05) is 42.5 Å². The molecule has 0 spiro atoms. The molecule has 1 heterocycles. The van der Waals surface area contributed by atoms with Crippen molar-refractivity contribution in [1.82, 2.24) is 14.9 Å². The van der Waals surface area contributed by atoms with Gasteiger partial charge in [-0.3, -0.25) is 4.79 Å². The average Bonchev–Trinajstić information content (AvgIpc) is 3.04. The van der Waals surface area contributed by atoms with Crippen LogP contribution in [0, 0.1) is 5.82 Å². The Morgan fingerprint density at radius 1 is 1.09 bits per heavy atom. The predicted octanol–water partition coefficient (Wildman–Crippen LogP) is 3.12. The molecule has 3 rings (SSSR count). The van der Waals surface area contributed by atoms with Crippen molar-refractivity contribution in [3.05, 3.63) is 78.5 Å². The number of hydrogen-bond acceptors (Lipinski definition) is 2. The van der Waals surface area contributed by atoms with Gasteiger partial charge in [0.2, 0.25) is 0 Å². The monoisotopic (exact) mass is 309 g/mol. The van der Waals surface area contributed by atoms with Gasteiger partial charge in [-0.15, -0.1) is 0 Å². The van der Waals surface area contributed by atoms with Gasteiger partial charge >= 0.3 is 0 Å². The van der Waals surface area contributed by atoms with Crippen LogP contribution in [0.1, 0.15) is 10.4 Å². The summed E-state index contributed by atoms with van der Waals surface area (Å²) in [6.45, 7) is 0.952. The Hall–Kier alpha value is -2.95. The standard InChI is InChI=1S/C18H16FN3O/c19-16-9-5-4-8-15(16)18(23)21-10-11-22-13-20-12-17(22)14-6-2-1-3-7-14/h1-9,12-13H,10-11H2,(H,21,23). The van der Waals surface area contributed by atoms with Crippen LogP contribution in [0.2, 0.25) is 0 Å². The molecule has 0 unspecified atom stereocenters. The number of nitrogens with one attached hydrogen (secondary N) is 1. The lowest BCUT2D eigenvalue weighted by Crippen LogP contribution is -2.28. The normalized spacial score (nSPS) is 10.5. The van der Waals surface area contributed by atoms with E-state index in [-0.39, 0.29) is 5.56 Å². The molecular weight excluding hydrogens is 293 g/mol. The highest BCUT2D eigenvalue weighted by Gasteiger charge is 2.10. The van der Waals surface area contributed by atoms with E-state index in [0.717, 1.165) is 11.3 Å². The lowest BCUT2D eigenvalue weighted by Gasteiger charge is -2.10. The first kappa shape index (κ1) is 15.0. The molecule has 5 heteroatoms. The zero-order chi connectivity index (χ0) is 16.1. The van der Waals surface area contributed by atoms with Gasteiger partial charge in [0.05, 0.1) is 23.8 Å². The molecule has 0 bridgehead atoms. The Kier molecular flexibility index (Phi) is 4.47. The first-order valence-corrected chi connectivity index (χ1v) is 7.34. The molecule has 0 fully saturated rings. The molecule has 0 radical (unpaired) electrons. The van der Waals surface area contributed by atoms with Crippen molar-refractivity contribution >= 4 is 5.91 Å². The van der Waals surface area contributed by atoms with Crippen molar-refractivity contribution < 1.29 is 9.18 Å². The zero-order valence-corrected chi connectivity index (χ0v) is 12.4. The number of hydrogen-bond donors (Lipinski definition) is 1. The molecule has 1 amide bonds. The highest BCUT2D eigenvalue weighted by Crippen LogP contribution is 2.17. The maximum atomic E-state index is 13.6. The fourth-order valence-corrected chi connectivity index (χ4v) is 2.38. The maximum absolute atomic E-state index is 13.6. The molecule has 0 aliphatic heterocycles. The van der Waals surface area contributed by atoms with Gasteiger partial charge < -0.3 is 9.88 Å². The second-order valence-corrected chi connectivity index (χ2v) is 5.07. The quantitative estimate of drug-likeness (QED) is 0.787. The average molecular weight is 309 g/mol. The molecular formula is C18H16FN3O. The number of benzene rings is 2. The zero-order valence-electron chi connectivity index (χ0n) is 12.4. The lowest BCUT2D eigenvalue weighted by molar-refractivity contribution is 0.0948. The number of rotatable bonds is 5. The molecule has 4 nitrogen and oxygen atoms in total. The first-order valence-electron chi connectivity index (χ1n) is 7.34. The highest BCUT2D eigenvalue weighted by molar-refractivity contribution is 5.94. The van der Waals surface area contributed by atoms with E-state index < -0.39 is 11.7 Å². The lowest BCUT2D eigenvalue weighted by atomic mass is 10.2. The van der Waals surface area contributed by atoms with E-state index in [2.05, 4.69) is 10.3 Å². The van der Waals surface area contributed by atoms with Crippen molar-refractivity contribution in [2.45, 2.75) is 6.54 Å². The van der Waals surface area contributed by atoms with E-state index in [4.69, 9.17) is 0 Å². The Bertz CT molecular complexity index is 799. The van der Waals surface area contributed by atoms with Crippen LogP contribution in [0.15, 0.2) is 67.1 Å². The number of aromatic nitrogens is 2. The predicted molar refractivity (Wildman–Crippen MR) is 86.4 cm³/mol. The number of nitrogens with zero attached hydrogens (tertiary/aromatic N) is 2. The SMILES string of the molecule is O=C(NCCn1cncc1-c1ccccc1)c1ccccc1F. The fourth-order valence-electron chi connectivity index (χ4n) is 2.38. The molecule has 0 saturated carbocycles. The molecule has 1 N–H and O–H groups in total. The van der Waals surface area contributed by atoms with Gasteiger partial charge in [0.15, 0.2) is 0 Å². The maximum Gasteiger partial charge on any atom is 0.254 e. The smallest absolute Gasteiger partial charge is 0.254 e. The van der Waals surface area contributed by atoms with E-state index in [9.17, 15) is 9.18 Å². The third-order valence-corrected chi connectivity index (χ3v) is 3.54. The number of halogens is 1. The van der Waals surface area contributed by atoms with E-state index in [1.165, 1.54) is 12.1 Å². The second kappa shape index (κ2) is 6.87. The van der Waals surface area contributed by atoms with Crippen LogP contribution < -0.4 is 5.32 Å². The molecule has 2 aromatic carbocycles. The van der Waals surface area contributed by atoms with Crippen molar-refractivity contribution in [3.63, 3.8) is 0 Å². The van der Waals surface area contributed by atoms with Crippen LogP contribution in [0.25, 0.3) is 11.3 Å². The van der Waals surface area contributed by atoms with E-state index in [1.54, 1.807) is 24.7 Å². The van der Waals surface area contributed by atoms with Crippen molar-refractivity contribution in [2.75, 3.05) is 6.54 Å². The largest absolute Gasteiger partial charge is 0.350 e. The summed E-state index contributed by atoms with van der Waals surface area (Å²) in [7, 11) is 0. The minimum atomic E-state index is -0.516. The summed E-state index contributed by atoms with van der Waals surface area (Å²) in [5, 5.41) is 2.73. The molecule has 23 heavy (non-hydrogen) atoms. The molecule has 3 aromatic rings. The van der Waals surface area contributed by atoms with Crippen molar-refractivity contribution in [1.29, 1.82) is 0 Å². The molecule has 1 aromatic heterocycles. The van der Waals surface area contributed by atoms with Crippen molar-refractivity contribution in [2.24, 2.45) is 0 Å². The Morgan fingerprint density at radius 3 is 2.61 bits per heavy atom. The summed E-state index contributed by atoms with van der Waals surface area (Å²) < 4.78 is 15.5. The number of imidazole rings is 1. The minimum absolute atomic E-state index is 0.0569. The van der Waals surface area contributed by atoms with Gasteiger partial charge in [-0.25, -0.2) is 9.37 Å². The van der Waals surface area contributed by atoms with Crippen LogP contribution in [0.3, 0.4) is 0 Å². The van der Waals surface area contributed by atoms with Crippen LogP contribution in [0.5, 0.6) is 0 Å². The third-order valence-electron chi connectivity index (χ3n) is 3.54. The minimum Gasteiger partial charge on any atom is -0.350 e. The first-order chi connectivity index (χ1) is 11.3. The molecule has 116 valence electrons. The summed E-state index contributed by atoms with van der Waals surface area (Å²) in [5.74, 6) is -0.929. The molecule has 0 aliphatic carbocycles. The molecule has 0 aliphatic rings. The highest BCUT2D eigenvalue weighted by atomic mass is 19.1. The summed E-state index contributed by atoms with van der Waals surface area (Å²) in [6, 6.07) is 15.8. The second-order valence-electron chi connectivity index (χ2n) is 5.07. The molecule has 0 atom stereocenters. The van der Waals surface area contributed by atoms with Gasteiger partial charge in [0, 0.05) is 13.1 Å². The van der Waals surface area contributed by atoms with E-state index in [1.807, 2.05) is 34.9 Å². The van der Waals surface area contributed by atoms with Gasteiger partial charge in [-0.2, -0.15) is 0 Å².